The molecule has 0 atom stereocenters. The van der Waals surface area contributed by atoms with Crippen LogP contribution >= 0.6 is 23.2 Å². The fourth-order valence-corrected chi connectivity index (χ4v) is 9.29. The highest BCUT2D eigenvalue weighted by Gasteiger charge is 2.25. The Balaban J connectivity index is 0.000000271. The molecule has 0 amide bonds. The van der Waals surface area contributed by atoms with E-state index in [4.69, 9.17) is 37.8 Å². The zero-order valence-corrected chi connectivity index (χ0v) is 44.3. The normalized spacial score (nSPS) is 11.3. The quantitative estimate of drug-likeness (QED) is 0.0222. The Morgan fingerprint density at radius 3 is 1.38 bits per heavy atom. The van der Waals surface area contributed by atoms with Crippen molar-refractivity contribution in [1.82, 2.24) is 30.6 Å². The van der Waals surface area contributed by atoms with Crippen LogP contribution in [0, 0.1) is 0 Å². The lowest BCUT2D eigenvalue weighted by molar-refractivity contribution is -0.139. The number of hydrogen-bond acceptors (Lipinski definition) is 19. The summed E-state index contributed by atoms with van der Waals surface area (Å²) in [5, 5.41) is 26.2. The molecular weight excluding hydrogens is 1020 g/mol. The van der Waals surface area contributed by atoms with Crippen LogP contribution in [0.5, 0.6) is 11.5 Å². The summed E-state index contributed by atoms with van der Waals surface area (Å²) >= 11 is 12.7. The maximum atomic E-state index is 12.8. The molecule has 0 unspecified atom stereocenters. The van der Waals surface area contributed by atoms with Crippen LogP contribution in [0.25, 0.3) is 0 Å². The average Bonchev–Trinajstić information content (AvgIpc) is 3.36. The predicted octanol–water partition coefficient (Wildman–Crippen LogP) is 8.14. The second-order valence-electron chi connectivity index (χ2n) is 16.4. The van der Waals surface area contributed by atoms with Crippen LogP contribution < -0.4 is 41.4 Å². The van der Waals surface area contributed by atoms with Gasteiger partial charge >= 0.3 is 11.9 Å². The van der Waals surface area contributed by atoms with Crippen molar-refractivity contribution in [1.29, 1.82) is 0 Å². The first-order valence-corrected chi connectivity index (χ1v) is 26.4. The van der Waals surface area contributed by atoms with Gasteiger partial charge in [0.05, 0.1) is 89.9 Å². The van der Waals surface area contributed by atoms with Gasteiger partial charge in [-0.1, -0.05) is 59.6 Å². The number of sulfone groups is 2. The molecule has 73 heavy (non-hydrogen) atoms. The van der Waals surface area contributed by atoms with E-state index in [9.17, 15) is 26.4 Å². The number of halogens is 2. The van der Waals surface area contributed by atoms with Crippen molar-refractivity contribution in [2.24, 2.45) is 0 Å². The van der Waals surface area contributed by atoms with E-state index < -0.39 is 36.1 Å². The maximum Gasteiger partial charge on any atom is 0.319 e. The minimum absolute atomic E-state index is 0.114. The molecule has 0 aliphatic rings. The number of esters is 1. The molecule has 390 valence electrons. The van der Waals surface area contributed by atoms with Gasteiger partial charge in [0, 0.05) is 0 Å². The molecular formula is C49H58Cl2N10O10S2. The number of carbonyl (C=O) groups excluding carboxylic acids is 1. The number of benzene rings is 4. The highest BCUT2D eigenvalue weighted by Crippen LogP contribution is 2.34. The lowest BCUT2D eigenvalue weighted by Gasteiger charge is -2.16. The third-order valence-electron chi connectivity index (χ3n) is 10.6. The zero-order chi connectivity index (χ0) is 53.3. The van der Waals surface area contributed by atoms with Crippen molar-refractivity contribution in [2.75, 3.05) is 68.8 Å². The molecule has 0 aliphatic heterocycles. The van der Waals surface area contributed by atoms with E-state index in [-0.39, 0.29) is 62.4 Å². The molecule has 0 fully saturated rings. The number of carbonyl (C=O) groups is 2. The number of para-hydroxylation sites is 2. The predicted molar refractivity (Wildman–Crippen MR) is 284 cm³/mol. The molecule has 4 aromatic carbocycles. The van der Waals surface area contributed by atoms with Crippen LogP contribution in [0.3, 0.4) is 0 Å². The Labute approximate surface area is 434 Å². The van der Waals surface area contributed by atoms with Crippen molar-refractivity contribution < 1.29 is 45.7 Å². The van der Waals surface area contributed by atoms with E-state index >= 15 is 0 Å². The van der Waals surface area contributed by atoms with Gasteiger partial charge in [0.15, 0.2) is 31.3 Å². The number of aromatic nitrogens is 4. The molecule has 0 spiro atoms. The van der Waals surface area contributed by atoms with Crippen LogP contribution in [-0.2, 0) is 46.8 Å². The van der Waals surface area contributed by atoms with E-state index in [0.29, 0.717) is 60.2 Å². The summed E-state index contributed by atoms with van der Waals surface area (Å²) in [6.45, 7) is 7.58. The number of hydrogen-bond donors (Lipinski definition) is 7. The maximum absolute atomic E-state index is 12.8. The second kappa shape index (κ2) is 26.8. The number of nitrogens with one attached hydrogen (secondary N) is 6. The van der Waals surface area contributed by atoms with Gasteiger partial charge in [-0.15, -0.1) is 0 Å². The molecule has 20 nitrogen and oxygen atoms in total. The van der Waals surface area contributed by atoms with Gasteiger partial charge in [-0.2, -0.15) is 9.97 Å². The van der Waals surface area contributed by atoms with E-state index in [1.807, 2.05) is 30.3 Å². The molecule has 6 aromatic rings. The standard InChI is InChI=1S/C25H30ClN5O5S.C24H28ClN5O5S/c1-16(2)37(33,34)22-8-6-5-7-19(22)29-24-18(26)14-28-25(31-24)30-20-13-17(9-10-21(20)35-3)11-12-27-15-23(32)36-4;1-15(2)36(33,34)21-7-5-4-6-18(21)28-23-17(25)13-27-24(30-23)29-19-12-16(8-9-20(19)35-3)10-11-26-14-22(31)32/h5-10,13-14,16,27H,11-12,15H2,1-4H3,(H2,28,29,30,31);4-9,12-13,15,26H,10-11,14H2,1-3H3,(H,31,32)(H2,27,28,29,30). The fraction of sp³-hybridized carbons (Fsp3) is 0.306. The van der Waals surface area contributed by atoms with Gasteiger partial charge in [0.25, 0.3) is 0 Å². The molecule has 0 bridgehead atoms. The summed E-state index contributed by atoms with van der Waals surface area (Å²) in [5.41, 5.74) is 3.87. The topological polar surface area (TPSA) is 274 Å². The summed E-state index contributed by atoms with van der Waals surface area (Å²) in [4.78, 5) is 39.6. The summed E-state index contributed by atoms with van der Waals surface area (Å²) < 4.78 is 66.8. The number of nitrogens with zero attached hydrogens (tertiary/aromatic N) is 4. The van der Waals surface area contributed by atoms with Gasteiger partial charge in [0.2, 0.25) is 11.9 Å². The third-order valence-corrected chi connectivity index (χ3v) is 15.6. The molecule has 2 heterocycles. The minimum Gasteiger partial charge on any atom is -0.495 e. The second-order valence-corrected chi connectivity index (χ2v) is 22.1. The monoisotopic (exact) mass is 1080 g/mol. The minimum atomic E-state index is -3.55. The molecule has 0 aliphatic carbocycles. The molecule has 7 N–H and O–H groups in total. The highest BCUT2D eigenvalue weighted by atomic mass is 35.5. The number of anilines is 8. The van der Waals surface area contributed by atoms with Crippen LogP contribution in [0.15, 0.2) is 107 Å². The number of aliphatic carboxylic acids is 1. The largest absolute Gasteiger partial charge is 0.495 e. The summed E-state index contributed by atoms with van der Waals surface area (Å²) in [7, 11) is -2.65. The number of methoxy groups -OCH3 is 3. The number of carboxylic acid groups (broad SMARTS) is 1. The van der Waals surface area contributed by atoms with Crippen LogP contribution in [0.1, 0.15) is 38.8 Å². The SMILES string of the molecule is COC(=O)CNCCc1ccc(OC)c(Nc2ncc(Cl)c(Nc3ccccc3S(=O)(=O)C(C)C)n2)c1.COc1ccc(CCNCC(=O)O)cc1Nc1ncc(Cl)c(Nc2ccccc2S(=O)(=O)C(C)C)n1. The first kappa shape index (κ1) is 57.1. The molecule has 0 saturated heterocycles. The molecule has 0 saturated carbocycles. The van der Waals surface area contributed by atoms with Crippen LogP contribution in [0.4, 0.5) is 46.3 Å². The fourth-order valence-electron chi connectivity index (χ4n) is 6.61. The van der Waals surface area contributed by atoms with Crippen molar-refractivity contribution in [2.45, 2.75) is 60.8 Å². The Kier molecular flexibility index (Phi) is 20.9. The smallest absolute Gasteiger partial charge is 0.319 e. The van der Waals surface area contributed by atoms with Gasteiger partial charge in [-0.3, -0.25) is 9.59 Å². The summed E-state index contributed by atoms with van der Waals surface area (Å²) in [5.74, 6) is 0.806. The molecule has 24 heteroatoms. The summed E-state index contributed by atoms with van der Waals surface area (Å²) in [6, 6.07) is 24.3. The summed E-state index contributed by atoms with van der Waals surface area (Å²) in [6.07, 6.45) is 4.09. The van der Waals surface area contributed by atoms with Crippen molar-refractivity contribution in [3.05, 3.63) is 118 Å². The van der Waals surface area contributed by atoms with Gasteiger partial charge in [-0.05, 0) is 113 Å². The van der Waals surface area contributed by atoms with Gasteiger partial charge in [0.1, 0.15) is 21.5 Å². The first-order valence-electron chi connectivity index (χ1n) is 22.6. The van der Waals surface area contributed by atoms with Crippen molar-refractivity contribution >= 4 is 101 Å². The van der Waals surface area contributed by atoms with Crippen molar-refractivity contribution in [3.8, 4) is 11.5 Å². The lowest BCUT2D eigenvalue weighted by atomic mass is 10.1. The van der Waals surface area contributed by atoms with Crippen molar-refractivity contribution in [3.63, 3.8) is 0 Å². The lowest BCUT2D eigenvalue weighted by Crippen LogP contribution is -2.25. The Bertz CT molecular complexity index is 3100. The van der Waals surface area contributed by atoms with E-state index in [1.165, 1.54) is 32.7 Å². The number of rotatable bonds is 24. The molecule has 6 rings (SSSR count). The number of ether oxygens (including phenoxy) is 3. The Hall–Kier alpha value is -6.82. The number of carboxylic acids is 1. The Morgan fingerprint density at radius 2 is 1.00 bits per heavy atom. The average molecular weight is 1080 g/mol. The molecule has 2 aromatic heterocycles. The highest BCUT2D eigenvalue weighted by molar-refractivity contribution is 7.92. The van der Waals surface area contributed by atoms with Crippen LogP contribution in [0.2, 0.25) is 10.0 Å². The van der Waals surface area contributed by atoms with E-state index in [0.717, 1.165) is 11.1 Å². The van der Waals surface area contributed by atoms with E-state index in [1.54, 1.807) is 83.3 Å². The zero-order valence-electron chi connectivity index (χ0n) is 41.1. The first-order chi connectivity index (χ1) is 34.8. The third kappa shape index (κ3) is 16.1. The van der Waals surface area contributed by atoms with Crippen LogP contribution in [-0.4, -0.2) is 112 Å². The Morgan fingerprint density at radius 1 is 0.589 bits per heavy atom. The van der Waals surface area contributed by atoms with Gasteiger partial charge in [-0.25, -0.2) is 26.8 Å². The van der Waals surface area contributed by atoms with Gasteiger partial charge < -0.3 is 51.2 Å². The molecule has 0 radical (unpaired) electrons. The van der Waals surface area contributed by atoms with E-state index in [2.05, 4.69) is 56.6 Å².